The third kappa shape index (κ3) is 3.52. The van der Waals surface area contributed by atoms with Crippen molar-refractivity contribution in [3.8, 4) is 22.3 Å². The van der Waals surface area contributed by atoms with Crippen LogP contribution in [0, 0.1) is 0 Å². The average molecular weight is 418 g/mol. The predicted octanol–water partition coefficient (Wildman–Crippen LogP) is 9.22. The Labute approximate surface area is 191 Å². The lowest BCUT2D eigenvalue weighted by Gasteiger charge is -2.15. The molecule has 160 valence electrons. The maximum absolute atomic E-state index is 2.50. The fourth-order valence-corrected chi connectivity index (χ4v) is 4.78. The van der Waals surface area contributed by atoms with E-state index < -0.39 is 0 Å². The van der Waals surface area contributed by atoms with Crippen molar-refractivity contribution in [1.29, 1.82) is 0 Å². The van der Waals surface area contributed by atoms with Crippen molar-refractivity contribution in [1.82, 2.24) is 4.57 Å². The molecule has 4 aromatic carbocycles. The van der Waals surface area contributed by atoms with Crippen LogP contribution in [0.3, 0.4) is 0 Å². The van der Waals surface area contributed by atoms with Crippen LogP contribution in [0.1, 0.15) is 51.6 Å². The minimum Gasteiger partial charge on any atom is -0.338 e. The van der Waals surface area contributed by atoms with Crippen molar-refractivity contribution in [3.63, 3.8) is 0 Å². The molecule has 1 nitrogen and oxygen atoms in total. The van der Waals surface area contributed by atoms with Crippen molar-refractivity contribution in [3.05, 3.63) is 96.6 Å². The third-order valence-electron chi connectivity index (χ3n) is 6.85. The number of para-hydroxylation sites is 1. The van der Waals surface area contributed by atoms with E-state index in [1.165, 1.54) is 49.6 Å². The number of aromatic nitrogens is 1. The molecule has 0 spiro atoms. The fraction of sp³-hybridized carbons (Fsp3) is 0.226. The van der Waals surface area contributed by atoms with Gasteiger partial charge < -0.3 is 4.57 Å². The first-order valence-electron chi connectivity index (χ1n) is 11.8. The second kappa shape index (κ2) is 8.31. The van der Waals surface area contributed by atoms with E-state index in [2.05, 4.69) is 123 Å². The average Bonchev–Trinajstić information content (AvgIpc) is 3.17. The summed E-state index contributed by atoms with van der Waals surface area (Å²) in [6.45, 7) is 9.06. The Hall–Kier alpha value is -3.32. The highest BCUT2D eigenvalue weighted by molar-refractivity contribution is 6.09. The Kier molecular flexibility index (Phi) is 5.35. The minimum atomic E-state index is 0.473. The normalized spacial score (nSPS) is 12.7. The minimum absolute atomic E-state index is 0.473. The number of hydrogen-bond donors (Lipinski definition) is 0. The van der Waals surface area contributed by atoms with E-state index in [1.54, 1.807) is 0 Å². The lowest BCUT2D eigenvalue weighted by molar-refractivity contribution is 0.563. The van der Waals surface area contributed by atoms with Gasteiger partial charge in [0.25, 0.3) is 0 Å². The smallest absolute Gasteiger partial charge is 0.0494 e. The highest BCUT2D eigenvalue weighted by Gasteiger charge is 2.15. The molecule has 1 aromatic heterocycles. The number of rotatable bonds is 5. The van der Waals surface area contributed by atoms with Crippen molar-refractivity contribution < 1.29 is 0 Å². The van der Waals surface area contributed by atoms with Crippen LogP contribution in [0.4, 0.5) is 0 Å². The lowest BCUT2D eigenvalue weighted by Crippen LogP contribution is -2.02. The molecule has 32 heavy (non-hydrogen) atoms. The van der Waals surface area contributed by atoms with Gasteiger partial charge in [-0.3, -0.25) is 0 Å². The SMILES string of the molecule is CCC(C)n1c2ccccc2c2cc(-c3cccc(-c4ccc(C(C)C)cc4)c3)ccc21. The van der Waals surface area contributed by atoms with Crippen LogP contribution in [-0.4, -0.2) is 4.57 Å². The standard InChI is InChI=1S/C31H31N/c1-5-22(4)32-30-12-7-6-11-28(30)29-20-27(17-18-31(29)32)26-10-8-9-25(19-26)24-15-13-23(14-16-24)21(2)3/h6-22H,5H2,1-4H3. The van der Waals surface area contributed by atoms with Crippen molar-refractivity contribution in [2.75, 3.05) is 0 Å². The van der Waals surface area contributed by atoms with Gasteiger partial charge in [0, 0.05) is 27.8 Å². The molecule has 0 aliphatic carbocycles. The van der Waals surface area contributed by atoms with E-state index in [0.29, 0.717) is 12.0 Å². The van der Waals surface area contributed by atoms with Crippen LogP contribution < -0.4 is 0 Å². The lowest BCUT2D eigenvalue weighted by atomic mass is 9.96. The summed E-state index contributed by atoms with van der Waals surface area (Å²) in [5, 5.41) is 2.68. The van der Waals surface area contributed by atoms with Gasteiger partial charge in [0.05, 0.1) is 0 Å². The van der Waals surface area contributed by atoms with Gasteiger partial charge in [-0.2, -0.15) is 0 Å². The number of hydrogen-bond acceptors (Lipinski definition) is 0. The van der Waals surface area contributed by atoms with Crippen LogP contribution in [0.15, 0.2) is 91.0 Å². The zero-order chi connectivity index (χ0) is 22.2. The van der Waals surface area contributed by atoms with E-state index in [4.69, 9.17) is 0 Å². The van der Waals surface area contributed by atoms with E-state index in [1.807, 2.05) is 0 Å². The van der Waals surface area contributed by atoms with Crippen molar-refractivity contribution >= 4 is 21.8 Å². The molecule has 5 aromatic rings. The molecule has 0 aliphatic rings. The van der Waals surface area contributed by atoms with Gasteiger partial charge in [-0.1, -0.05) is 87.5 Å². The molecule has 0 amide bonds. The van der Waals surface area contributed by atoms with Crippen LogP contribution in [-0.2, 0) is 0 Å². The van der Waals surface area contributed by atoms with Gasteiger partial charge >= 0.3 is 0 Å². The topological polar surface area (TPSA) is 4.93 Å². The van der Waals surface area contributed by atoms with Gasteiger partial charge in [-0.15, -0.1) is 0 Å². The highest BCUT2D eigenvalue weighted by Crippen LogP contribution is 2.36. The van der Waals surface area contributed by atoms with Gasteiger partial charge in [0.2, 0.25) is 0 Å². The summed E-state index contributed by atoms with van der Waals surface area (Å²) >= 11 is 0. The molecule has 1 heteroatoms. The molecule has 0 saturated carbocycles. The summed E-state index contributed by atoms with van der Waals surface area (Å²) in [4.78, 5) is 0. The first-order valence-corrected chi connectivity index (χ1v) is 11.8. The first kappa shape index (κ1) is 20.6. The Morgan fingerprint density at radius 1 is 0.594 bits per heavy atom. The van der Waals surface area contributed by atoms with Crippen molar-refractivity contribution in [2.24, 2.45) is 0 Å². The summed E-state index contributed by atoms with van der Waals surface area (Å²) in [5.41, 5.74) is 9.10. The zero-order valence-electron chi connectivity index (χ0n) is 19.5. The Balaban J connectivity index is 1.61. The molecule has 0 bridgehead atoms. The summed E-state index contributed by atoms with van der Waals surface area (Å²) < 4.78 is 2.50. The van der Waals surface area contributed by atoms with E-state index in [-0.39, 0.29) is 0 Å². The number of nitrogens with zero attached hydrogens (tertiary/aromatic N) is 1. The molecule has 0 radical (unpaired) electrons. The maximum atomic E-state index is 2.50. The number of benzene rings is 4. The molecule has 5 rings (SSSR count). The third-order valence-corrected chi connectivity index (χ3v) is 6.85. The number of fused-ring (bicyclic) bond motifs is 3. The molecule has 1 atom stereocenters. The molecular formula is C31H31N. The Bertz CT molecular complexity index is 1390. The van der Waals surface area contributed by atoms with Crippen LogP contribution in [0.5, 0.6) is 0 Å². The Morgan fingerprint density at radius 2 is 1.22 bits per heavy atom. The van der Waals surface area contributed by atoms with Crippen LogP contribution in [0.2, 0.25) is 0 Å². The summed E-state index contributed by atoms with van der Waals surface area (Å²) in [7, 11) is 0. The van der Waals surface area contributed by atoms with E-state index in [0.717, 1.165) is 6.42 Å². The quantitative estimate of drug-likeness (QED) is 0.268. The van der Waals surface area contributed by atoms with Gasteiger partial charge in [-0.05, 0) is 71.3 Å². The van der Waals surface area contributed by atoms with Gasteiger partial charge in [-0.25, -0.2) is 0 Å². The van der Waals surface area contributed by atoms with E-state index in [9.17, 15) is 0 Å². The second-order valence-electron chi connectivity index (χ2n) is 9.23. The molecule has 0 saturated heterocycles. The highest BCUT2D eigenvalue weighted by atomic mass is 15.0. The first-order chi connectivity index (χ1) is 15.6. The molecule has 0 fully saturated rings. The predicted molar refractivity (Wildman–Crippen MR) is 139 cm³/mol. The molecule has 1 unspecified atom stereocenters. The summed E-state index contributed by atoms with van der Waals surface area (Å²) in [6, 6.07) is 34.2. The van der Waals surface area contributed by atoms with Crippen LogP contribution >= 0.6 is 0 Å². The maximum Gasteiger partial charge on any atom is 0.0494 e. The molecular weight excluding hydrogens is 386 g/mol. The fourth-order valence-electron chi connectivity index (χ4n) is 4.78. The molecule has 0 aliphatic heterocycles. The second-order valence-corrected chi connectivity index (χ2v) is 9.23. The zero-order valence-corrected chi connectivity index (χ0v) is 19.5. The summed E-state index contributed by atoms with van der Waals surface area (Å²) in [6.07, 6.45) is 1.12. The van der Waals surface area contributed by atoms with Crippen molar-refractivity contribution in [2.45, 2.75) is 46.1 Å². The monoisotopic (exact) mass is 417 g/mol. The van der Waals surface area contributed by atoms with Gasteiger partial charge in [0.1, 0.15) is 0 Å². The van der Waals surface area contributed by atoms with Gasteiger partial charge in [0.15, 0.2) is 0 Å². The molecule has 1 heterocycles. The summed E-state index contributed by atoms with van der Waals surface area (Å²) in [5.74, 6) is 0.555. The van der Waals surface area contributed by atoms with E-state index >= 15 is 0 Å². The Morgan fingerprint density at radius 3 is 1.94 bits per heavy atom. The molecule has 0 N–H and O–H groups in total. The van der Waals surface area contributed by atoms with Crippen LogP contribution in [0.25, 0.3) is 44.1 Å². The largest absolute Gasteiger partial charge is 0.338 e.